The topological polar surface area (TPSA) is 63.6 Å². The second-order valence-corrected chi connectivity index (χ2v) is 8.24. The summed E-state index contributed by atoms with van der Waals surface area (Å²) in [6.07, 6.45) is 1.68. The maximum absolute atomic E-state index is 13.1. The number of fused-ring (bicyclic) bond motifs is 1. The molecule has 5 nitrogen and oxygen atoms in total. The molecule has 4 rings (SSSR count). The van der Waals surface area contributed by atoms with Gasteiger partial charge in [-0.3, -0.25) is 4.79 Å². The monoisotopic (exact) mass is 437 g/mol. The van der Waals surface area contributed by atoms with Crippen molar-refractivity contribution < 1.29 is 9.53 Å². The molecular weight excluding hydrogens is 410 g/mol. The lowest BCUT2D eigenvalue weighted by atomic mass is 9.97. The fourth-order valence-corrected chi connectivity index (χ4v) is 3.82. The van der Waals surface area contributed by atoms with Gasteiger partial charge < -0.3 is 4.74 Å². The molecule has 0 aliphatic rings. The van der Waals surface area contributed by atoms with E-state index in [1.54, 1.807) is 13.3 Å². The summed E-state index contributed by atoms with van der Waals surface area (Å²) in [6, 6.07) is 23.3. The van der Waals surface area contributed by atoms with Gasteiger partial charge in [0.25, 0.3) is 5.91 Å². The van der Waals surface area contributed by atoms with Gasteiger partial charge in [0.05, 0.1) is 30.1 Å². The van der Waals surface area contributed by atoms with Crippen molar-refractivity contribution in [2.24, 2.45) is 5.10 Å². The number of hydrazone groups is 1. The Kier molecular flexibility index (Phi) is 6.50. The van der Waals surface area contributed by atoms with Gasteiger partial charge in [-0.2, -0.15) is 5.10 Å². The van der Waals surface area contributed by atoms with E-state index < -0.39 is 0 Å². The molecule has 33 heavy (non-hydrogen) atoms. The smallest absolute Gasteiger partial charge is 0.272 e. The van der Waals surface area contributed by atoms with Crippen molar-refractivity contribution in [2.45, 2.75) is 26.7 Å². The van der Waals surface area contributed by atoms with E-state index in [0.29, 0.717) is 11.5 Å². The first kappa shape index (κ1) is 22.2. The normalized spacial score (nSPS) is 11.3. The minimum Gasteiger partial charge on any atom is -0.496 e. The lowest BCUT2D eigenvalue weighted by Gasteiger charge is -2.14. The number of carbonyl (C=O) groups is 1. The van der Waals surface area contributed by atoms with Crippen molar-refractivity contribution in [1.82, 2.24) is 10.4 Å². The molecule has 0 saturated heterocycles. The highest BCUT2D eigenvalue weighted by Gasteiger charge is 2.14. The molecule has 0 unspecified atom stereocenters. The van der Waals surface area contributed by atoms with E-state index in [1.807, 2.05) is 73.7 Å². The van der Waals surface area contributed by atoms with Crippen molar-refractivity contribution >= 4 is 23.0 Å². The summed E-state index contributed by atoms with van der Waals surface area (Å²) in [4.78, 5) is 17.9. The SMILES string of the molecule is COc1cc(C)c(/C=N/NC(=O)c2cc(-c3ccccc3)nc3ccccc23)cc1C(C)C. The van der Waals surface area contributed by atoms with Gasteiger partial charge in [0, 0.05) is 10.9 Å². The Morgan fingerprint density at radius 2 is 1.76 bits per heavy atom. The average molecular weight is 438 g/mol. The Labute approximate surface area is 194 Å². The maximum Gasteiger partial charge on any atom is 0.272 e. The first-order chi connectivity index (χ1) is 16.0. The molecule has 1 amide bonds. The third-order valence-electron chi connectivity index (χ3n) is 5.64. The Balaban J connectivity index is 1.65. The van der Waals surface area contributed by atoms with Gasteiger partial charge in [0.1, 0.15) is 5.75 Å². The first-order valence-corrected chi connectivity index (χ1v) is 10.9. The summed E-state index contributed by atoms with van der Waals surface area (Å²) in [5.74, 6) is 0.888. The fraction of sp³-hybridized carbons (Fsp3) is 0.179. The molecule has 0 radical (unpaired) electrons. The minimum atomic E-state index is -0.280. The molecule has 5 heteroatoms. The summed E-state index contributed by atoms with van der Waals surface area (Å²) in [7, 11) is 1.68. The van der Waals surface area contributed by atoms with Gasteiger partial charge in [-0.05, 0) is 53.8 Å². The third kappa shape index (κ3) is 4.77. The van der Waals surface area contributed by atoms with Crippen LogP contribution < -0.4 is 10.2 Å². The summed E-state index contributed by atoms with van der Waals surface area (Å²) >= 11 is 0. The molecule has 4 aromatic rings. The van der Waals surface area contributed by atoms with E-state index in [0.717, 1.165) is 44.6 Å². The third-order valence-corrected chi connectivity index (χ3v) is 5.64. The number of nitrogens with one attached hydrogen (secondary N) is 1. The highest BCUT2D eigenvalue weighted by molar-refractivity contribution is 6.07. The number of nitrogens with zero attached hydrogens (tertiary/aromatic N) is 2. The van der Waals surface area contributed by atoms with Gasteiger partial charge in [-0.1, -0.05) is 62.4 Å². The molecule has 0 fully saturated rings. The van der Waals surface area contributed by atoms with Crippen LogP contribution in [0.2, 0.25) is 0 Å². The van der Waals surface area contributed by atoms with Crippen molar-refractivity contribution in [2.75, 3.05) is 7.11 Å². The van der Waals surface area contributed by atoms with E-state index in [4.69, 9.17) is 9.72 Å². The van der Waals surface area contributed by atoms with Crippen molar-refractivity contribution in [3.8, 4) is 17.0 Å². The number of benzene rings is 3. The van der Waals surface area contributed by atoms with Crippen LogP contribution in [0.4, 0.5) is 0 Å². The molecule has 166 valence electrons. The van der Waals surface area contributed by atoms with Crippen LogP contribution in [0.15, 0.2) is 77.9 Å². The molecule has 0 atom stereocenters. The van der Waals surface area contributed by atoms with Crippen molar-refractivity contribution in [3.05, 3.63) is 95.1 Å². The number of rotatable bonds is 6. The first-order valence-electron chi connectivity index (χ1n) is 10.9. The standard InChI is InChI=1S/C28H27N3O2/c1-18(2)23-15-21(19(3)14-27(23)33-4)17-29-31-28(32)24-16-26(20-10-6-5-7-11-20)30-25-13-9-8-12-22(24)25/h5-18H,1-4H3,(H,31,32)/b29-17+. The van der Waals surface area contributed by atoms with Gasteiger partial charge in [-0.15, -0.1) is 0 Å². The fourth-order valence-electron chi connectivity index (χ4n) is 3.82. The predicted molar refractivity (Wildman–Crippen MR) is 134 cm³/mol. The number of ether oxygens (including phenoxy) is 1. The zero-order chi connectivity index (χ0) is 23.4. The van der Waals surface area contributed by atoms with E-state index >= 15 is 0 Å². The highest BCUT2D eigenvalue weighted by Crippen LogP contribution is 2.29. The van der Waals surface area contributed by atoms with Gasteiger partial charge >= 0.3 is 0 Å². The van der Waals surface area contributed by atoms with Crippen molar-refractivity contribution in [1.29, 1.82) is 0 Å². The van der Waals surface area contributed by atoms with Crippen LogP contribution in [0.25, 0.3) is 22.2 Å². The average Bonchev–Trinajstić information content (AvgIpc) is 2.84. The number of amides is 1. The molecule has 0 aliphatic carbocycles. The van der Waals surface area contributed by atoms with Crippen LogP contribution in [0, 0.1) is 6.92 Å². The summed E-state index contributed by atoms with van der Waals surface area (Å²) in [6.45, 7) is 6.24. The van der Waals surface area contributed by atoms with Crippen LogP contribution in [0.3, 0.4) is 0 Å². The number of para-hydroxylation sites is 1. The Morgan fingerprint density at radius 3 is 2.48 bits per heavy atom. The number of carbonyl (C=O) groups excluding carboxylic acids is 1. The number of aryl methyl sites for hydroxylation is 1. The van der Waals surface area contributed by atoms with E-state index in [9.17, 15) is 4.79 Å². The number of hydrogen-bond donors (Lipinski definition) is 1. The van der Waals surface area contributed by atoms with Crippen molar-refractivity contribution in [3.63, 3.8) is 0 Å². The Hall–Kier alpha value is -3.99. The zero-order valence-corrected chi connectivity index (χ0v) is 19.3. The molecule has 1 aromatic heterocycles. The number of hydrogen-bond acceptors (Lipinski definition) is 4. The summed E-state index contributed by atoms with van der Waals surface area (Å²) in [5.41, 5.74) is 8.75. The van der Waals surface area contributed by atoms with E-state index in [1.165, 1.54) is 0 Å². The maximum atomic E-state index is 13.1. The number of methoxy groups -OCH3 is 1. The largest absolute Gasteiger partial charge is 0.496 e. The van der Waals surface area contributed by atoms with E-state index in [-0.39, 0.29) is 5.91 Å². The molecule has 0 aliphatic heterocycles. The number of pyridine rings is 1. The Morgan fingerprint density at radius 1 is 1.03 bits per heavy atom. The van der Waals surface area contributed by atoms with Crippen LogP contribution in [-0.4, -0.2) is 24.2 Å². The van der Waals surface area contributed by atoms with Crippen LogP contribution in [-0.2, 0) is 0 Å². The van der Waals surface area contributed by atoms with Crippen LogP contribution in [0.5, 0.6) is 5.75 Å². The zero-order valence-electron chi connectivity index (χ0n) is 19.3. The molecular formula is C28H27N3O2. The molecule has 0 bridgehead atoms. The lowest BCUT2D eigenvalue weighted by molar-refractivity contribution is 0.0956. The summed E-state index contributed by atoms with van der Waals surface area (Å²) in [5, 5.41) is 5.04. The predicted octanol–water partition coefficient (Wildman–Crippen LogP) is 6.11. The molecule has 0 spiro atoms. The lowest BCUT2D eigenvalue weighted by Crippen LogP contribution is -2.18. The van der Waals surface area contributed by atoms with Gasteiger partial charge in [-0.25, -0.2) is 10.4 Å². The second kappa shape index (κ2) is 9.65. The molecule has 1 heterocycles. The minimum absolute atomic E-state index is 0.280. The highest BCUT2D eigenvalue weighted by atomic mass is 16.5. The van der Waals surface area contributed by atoms with Gasteiger partial charge in [0.2, 0.25) is 0 Å². The van der Waals surface area contributed by atoms with E-state index in [2.05, 4.69) is 30.4 Å². The van der Waals surface area contributed by atoms with Crippen LogP contribution in [0.1, 0.15) is 46.8 Å². The second-order valence-electron chi connectivity index (χ2n) is 8.24. The van der Waals surface area contributed by atoms with Crippen LogP contribution >= 0.6 is 0 Å². The number of aromatic nitrogens is 1. The molecule has 3 aromatic carbocycles. The molecule has 0 saturated carbocycles. The van der Waals surface area contributed by atoms with Gasteiger partial charge in [0.15, 0.2) is 0 Å². The summed E-state index contributed by atoms with van der Waals surface area (Å²) < 4.78 is 5.51. The molecule has 1 N–H and O–H groups in total. The Bertz CT molecular complexity index is 1330. The quantitative estimate of drug-likeness (QED) is 0.293.